The van der Waals surface area contributed by atoms with Gasteiger partial charge in [-0.1, -0.05) is 41.9 Å². The summed E-state index contributed by atoms with van der Waals surface area (Å²) >= 11 is 12.0. The SMILES string of the molecule is Cc1nn(CN2CCN(c3ccccc3Cl)CC2)c(=S)n1-c1ccccc1. The molecule has 1 aromatic heterocycles. The van der Waals surface area contributed by atoms with E-state index in [1.165, 1.54) is 0 Å². The molecule has 0 bridgehead atoms. The average molecular weight is 400 g/mol. The van der Waals surface area contributed by atoms with Crippen molar-refractivity contribution in [1.29, 1.82) is 0 Å². The maximum atomic E-state index is 6.34. The minimum absolute atomic E-state index is 0.704. The van der Waals surface area contributed by atoms with Gasteiger partial charge in [0.05, 0.1) is 17.4 Å². The van der Waals surface area contributed by atoms with Crippen LogP contribution in [0.15, 0.2) is 54.6 Å². The Balaban J connectivity index is 1.46. The smallest absolute Gasteiger partial charge is 0.203 e. The summed E-state index contributed by atoms with van der Waals surface area (Å²) in [6.45, 7) is 6.48. The van der Waals surface area contributed by atoms with Crippen molar-refractivity contribution in [1.82, 2.24) is 19.2 Å². The van der Waals surface area contributed by atoms with Crippen molar-refractivity contribution in [2.75, 3.05) is 31.1 Å². The fourth-order valence-electron chi connectivity index (χ4n) is 3.51. The molecule has 2 aromatic carbocycles. The molecule has 4 rings (SSSR count). The number of anilines is 1. The van der Waals surface area contributed by atoms with Crippen LogP contribution in [0, 0.1) is 11.7 Å². The largest absolute Gasteiger partial charge is 0.368 e. The van der Waals surface area contributed by atoms with Gasteiger partial charge in [0.15, 0.2) is 0 Å². The second kappa shape index (κ2) is 7.84. The van der Waals surface area contributed by atoms with Gasteiger partial charge in [-0.05, 0) is 43.4 Å². The zero-order chi connectivity index (χ0) is 18.8. The number of piperazine rings is 1. The zero-order valence-corrected chi connectivity index (χ0v) is 16.8. The highest BCUT2D eigenvalue weighted by molar-refractivity contribution is 7.71. The summed E-state index contributed by atoms with van der Waals surface area (Å²) in [5, 5.41) is 5.48. The number of hydrogen-bond donors (Lipinski definition) is 0. The molecule has 0 spiro atoms. The van der Waals surface area contributed by atoms with Crippen molar-refractivity contribution in [3.63, 3.8) is 0 Å². The number of halogens is 1. The monoisotopic (exact) mass is 399 g/mol. The number of aryl methyl sites for hydroxylation is 1. The number of para-hydroxylation sites is 2. The quantitative estimate of drug-likeness (QED) is 0.616. The van der Waals surface area contributed by atoms with E-state index in [0.717, 1.165) is 53.2 Å². The van der Waals surface area contributed by atoms with Crippen molar-refractivity contribution in [2.45, 2.75) is 13.6 Å². The summed E-state index contributed by atoms with van der Waals surface area (Å²) < 4.78 is 4.67. The Labute approximate surface area is 169 Å². The standard InChI is InChI=1S/C20H22ClN5S/c1-16-22-25(20(27)26(16)17-7-3-2-4-8-17)15-23-11-13-24(14-12-23)19-10-6-5-9-18(19)21/h2-10H,11-15H2,1H3. The van der Waals surface area contributed by atoms with Crippen molar-refractivity contribution in [2.24, 2.45) is 0 Å². The zero-order valence-electron chi connectivity index (χ0n) is 15.3. The molecule has 0 N–H and O–H groups in total. The van der Waals surface area contributed by atoms with Crippen LogP contribution in [-0.4, -0.2) is 45.4 Å². The van der Waals surface area contributed by atoms with E-state index in [2.05, 4.69) is 33.1 Å². The van der Waals surface area contributed by atoms with Gasteiger partial charge in [-0.3, -0.25) is 9.47 Å². The molecule has 0 radical (unpaired) electrons. The highest BCUT2D eigenvalue weighted by Gasteiger charge is 2.20. The molecule has 0 amide bonds. The summed E-state index contributed by atoms with van der Waals surface area (Å²) in [4.78, 5) is 4.72. The van der Waals surface area contributed by atoms with Crippen molar-refractivity contribution in [3.05, 3.63) is 70.2 Å². The summed E-state index contributed by atoms with van der Waals surface area (Å²) in [7, 11) is 0. The number of hydrogen-bond acceptors (Lipinski definition) is 4. The Kier molecular flexibility index (Phi) is 5.29. The van der Waals surface area contributed by atoms with E-state index >= 15 is 0 Å². The molecular formula is C20H22ClN5S. The fraction of sp³-hybridized carbons (Fsp3) is 0.300. The molecule has 3 aromatic rings. The predicted molar refractivity (Wildman–Crippen MR) is 112 cm³/mol. The van der Waals surface area contributed by atoms with Gasteiger partial charge < -0.3 is 4.90 Å². The van der Waals surface area contributed by atoms with Gasteiger partial charge >= 0.3 is 0 Å². The van der Waals surface area contributed by atoms with Crippen LogP contribution in [0.5, 0.6) is 0 Å². The number of rotatable bonds is 4. The normalized spacial score (nSPS) is 15.3. The highest BCUT2D eigenvalue weighted by Crippen LogP contribution is 2.26. The molecule has 1 fully saturated rings. The minimum Gasteiger partial charge on any atom is -0.368 e. The first-order valence-electron chi connectivity index (χ1n) is 9.07. The van der Waals surface area contributed by atoms with Gasteiger partial charge in [0.25, 0.3) is 0 Å². The van der Waals surface area contributed by atoms with E-state index in [-0.39, 0.29) is 0 Å². The van der Waals surface area contributed by atoms with E-state index < -0.39 is 0 Å². The molecule has 0 saturated carbocycles. The highest BCUT2D eigenvalue weighted by atomic mass is 35.5. The minimum atomic E-state index is 0.704. The summed E-state index contributed by atoms with van der Waals surface area (Å²) in [6.07, 6.45) is 0. The number of nitrogens with zero attached hydrogens (tertiary/aromatic N) is 5. The second-order valence-electron chi connectivity index (χ2n) is 6.70. The van der Waals surface area contributed by atoms with Gasteiger partial charge in [0, 0.05) is 31.9 Å². The molecule has 7 heteroatoms. The third-order valence-electron chi connectivity index (χ3n) is 4.91. The van der Waals surface area contributed by atoms with Crippen molar-refractivity contribution >= 4 is 29.5 Å². The molecule has 1 saturated heterocycles. The lowest BCUT2D eigenvalue weighted by Crippen LogP contribution is -2.47. The first-order chi connectivity index (χ1) is 13.1. The number of aromatic nitrogens is 3. The van der Waals surface area contributed by atoms with E-state index in [1.54, 1.807) is 0 Å². The van der Waals surface area contributed by atoms with Crippen LogP contribution >= 0.6 is 23.8 Å². The van der Waals surface area contributed by atoms with Crippen LogP contribution in [0.25, 0.3) is 5.69 Å². The topological polar surface area (TPSA) is 29.2 Å². The van der Waals surface area contributed by atoms with E-state index in [9.17, 15) is 0 Å². The summed E-state index contributed by atoms with van der Waals surface area (Å²) in [5.74, 6) is 0.904. The summed E-state index contributed by atoms with van der Waals surface area (Å²) in [5.41, 5.74) is 2.16. The lowest BCUT2D eigenvalue weighted by atomic mass is 10.2. The van der Waals surface area contributed by atoms with E-state index in [1.807, 2.05) is 52.6 Å². The van der Waals surface area contributed by atoms with Gasteiger partial charge in [-0.25, -0.2) is 4.68 Å². The molecule has 5 nitrogen and oxygen atoms in total. The molecule has 0 atom stereocenters. The van der Waals surface area contributed by atoms with E-state index in [0.29, 0.717) is 6.67 Å². The molecule has 1 aliphatic rings. The predicted octanol–water partition coefficient (Wildman–Crippen LogP) is 4.14. The van der Waals surface area contributed by atoms with Crippen LogP contribution < -0.4 is 4.90 Å². The lowest BCUT2D eigenvalue weighted by molar-refractivity contribution is 0.194. The Morgan fingerprint density at radius 2 is 1.63 bits per heavy atom. The maximum absolute atomic E-state index is 6.34. The van der Waals surface area contributed by atoms with Crippen molar-refractivity contribution < 1.29 is 0 Å². The molecule has 2 heterocycles. The van der Waals surface area contributed by atoms with Gasteiger partial charge in [-0.15, -0.1) is 0 Å². The third kappa shape index (κ3) is 3.78. The molecule has 140 valence electrons. The van der Waals surface area contributed by atoms with Gasteiger partial charge in [0.2, 0.25) is 4.77 Å². The Hall–Kier alpha value is -2.15. The first kappa shape index (κ1) is 18.2. The molecule has 27 heavy (non-hydrogen) atoms. The average Bonchev–Trinajstić information content (AvgIpc) is 2.97. The Morgan fingerprint density at radius 3 is 2.33 bits per heavy atom. The maximum Gasteiger partial charge on any atom is 0.203 e. The number of benzene rings is 2. The van der Waals surface area contributed by atoms with Crippen LogP contribution in [0.1, 0.15) is 5.82 Å². The van der Waals surface area contributed by atoms with Crippen LogP contribution in [0.3, 0.4) is 0 Å². The summed E-state index contributed by atoms with van der Waals surface area (Å²) in [6, 6.07) is 18.2. The molecule has 0 unspecified atom stereocenters. The van der Waals surface area contributed by atoms with E-state index in [4.69, 9.17) is 23.8 Å². The van der Waals surface area contributed by atoms with Crippen LogP contribution in [-0.2, 0) is 6.67 Å². The van der Waals surface area contributed by atoms with Crippen LogP contribution in [0.4, 0.5) is 5.69 Å². The van der Waals surface area contributed by atoms with Gasteiger partial charge in [-0.2, -0.15) is 5.10 Å². The molecule has 0 aliphatic carbocycles. The van der Waals surface area contributed by atoms with Crippen molar-refractivity contribution in [3.8, 4) is 5.69 Å². The fourth-order valence-corrected chi connectivity index (χ4v) is 4.10. The second-order valence-corrected chi connectivity index (χ2v) is 7.47. The first-order valence-corrected chi connectivity index (χ1v) is 9.86. The third-order valence-corrected chi connectivity index (χ3v) is 5.63. The molecular weight excluding hydrogens is 378 g/mol. The Bertz CT molecular complexity index is 974. The van der Waals surface area contributed by atoms with Crippen LogP contribution in [0.2, 0.25) is 5.02 Å². The Morgan fingerprint density at radius 1 is 0.963 bits per heavy atom. The van der Waals surface area contributed by atoms with Gasteiger partial charge in [0.1, 0.15) is 5.82 Å². The lowest BCUT2D eigenvalue weighted by Gasteiger charge is -2.36. The molecule has 1 aliphatic heterocycles.